The first-order chi connectivity index (χ1) is 48.7. The second-order valence-electron chi connectivity index (χ2n) is 29.5. The molecule has 0 bridgehead atoms. The molecule has 105 heavy (non-hydrogen) atoms. The van der Waals surface area contributed by atoms with Crippen molar-refractivity contribution in [1.29, 1.82) is 0 Å². The molecule has 0 aliphatic carbocycles. The molecule has 6 aromatic heterocycles. The molecule has 540 valence electrons. The Labute approximate surface area is 662 Å². The number of nitrogens with zero attached hydrogens (tertiary/aromatic N) is 9. The topological polar surface area (TPSA) is 153 Å². The minimum absolute atomic E-state index is 0. The quantitative estimate of drug-likeness (QED) is 0.0801. The van der Waals surface area contributed by atoms with Crippen LogP contribution < -0.4 is 15.6 Å². The number of imidazole rings is 3. The number of aromatic nitrogens is 9. The third kappa shape index (κ3) is 16.7. The summed E-state index contributed by atoms with van der Waals surface area (Å²) in [6.45, 7) is 27.0. The Kier molecular flexibility index (Phi) is 23.9. The molecule has 6 heterocycles. The molecule has 3 N–H and O–H groups in total. The van der Waals surface area contributed by atoms with Crippen molar-refractivity contribution in [3.05, 3.63) is 254 Å². The SMILES string of the molecule is Cc1ccc(-c2nc3c(-c4[c-]c(-c5cc([Si](C)(C)C)ccn5)ccc4)cccc3n2C)c(O)c1.Cc1ccc(-c2nc3c(-c4[c-]c(-c5cc([Si](C)(C)C)ccn5)ccc4)cccc3n2C)c(O)c1.Cc1ccc(-c2nc3c(-c4[c-]c(-c5ccccn5)ccc4)cc([Si](C)(C)C)cc3n2C)c(O)c1.[Pt].[Pt].[Pt]. The molecule has 15 rings (SSSR count). The molecule has 0 saturated carbocycles. The summed E-state index contributed by atoms with van der Waals surface area (Å²) in [4.78, 5) is 28.8. The number of pyridine rings is 3. The fraction of sp³-hybridized carbons (Fsp3) is 0.172. The molecule has 0 amide bonds. The molecule has 0 saturated heterocycles. The minimum Gasteiger partial charge on any atom is -0.507 e. The molecule has 0 fully saturated rings. The van der Waals surface area contributed by atoms with Crippen LogP contribution in [-0.4, -0.2) is 83.1 Å². The predicted molar refractivity (Wildman–Crippen MR) is 429 cm³/mol. The number of fused-ring (bicyclic) bond motifs is 3. The van der Waals surface area contributed by atoms with Gasteiger partial charge in [0.15, 0.2) is 0 Å². The van der Waals surface area contributed by atoms with E-state index in [9.17, 15) is 15.3 Å². The van der Waals surface area contributed by atoms with Gasteiger partial charge in [0.25, 0.3) is 0 Å². The Morgan fingerprint density at radius 3 is 1.01 bits per heavy atom. The molecule has 15 aromatic rings. The molecule has 9 aromatic carbocycles. The van der Waals surface area contributed by atoms with Crippen molar-refractivity contribution in [2.75, 3.05) is 0 Å². The molecular formula is C87H84N9O3Pt3Si3-3. The summed E-state index contributed by atoms with van der Waals surface area (Å²) < 4.78 is 6.16. The summed E-state index contributed by atoms with van der Waals surface area (Å²) in [6.07, 6.45) is 5.62. The number of phenolic OH excluding ortho intramolecular Hbond substituents is 3. The Bertz CT molecular complexity index is 5460. The van der Waals surface area contributed by atoms with Crippen LogP contribution in [0.25, 0.3) is 134 Å². The van der Waals surface area contributed by atoms with Gasteiger partial charge in [-0.3, -0.25) is 15.0 Å². The van der Waals surface area contributed by atoms with Gasteiger partial charge in [-0.1, -0.05) is 181 Å². The van der Waals surface area contributed by atoms with Crippen LogP contribution in [0.1, 0.15) is 16.7 Å². The number of hydrogen-bond donors (Lipinski definition) is 3. The van der Waals surface area contributed by atoms with Gasteiger partial charge in [0.2, 0.25) is 0 Å². The van der Waals surface area contributed by atoms with Crippen molar-refractivity contribution in [2.45, 2.75) is 79.7 Å². The van der Waals surface area contributed by atoms with Gasteiger partial charge in [-0.15, -0.1) is 89.5 Å². The molecule has 0 atom stereocenters. The zero-order valence-electron chi connectivity index (χ0n) is 61.6. The Hall–Kier alpha value is -9.04. The molecule has 0 spiro atoms. The molecule has 0 aliphatic rings. The number of aromatic hydroxyl groups is 3. The third-order valence-corrected chi connectivity index (χ3v) is 25.0. The first-order valence-corrected chi connectivity index (χ1v) is 44.9. The van der Waals surface area contributed by atoms with Crippen molar-refractivity contribution in [3.63, 3.8) is 0 Å². The summed E-state index contributed by atoms with van der Waals surface area (Å²) in [6, 6.07) is 78.0. The van der Waals surface area contributed by atoms with Gasteiger partial charge in [-0.05, 0) is 110 Å². The van der Waals surface area contributed by atoms with E-state index >= 15 is 0 Å². The predicted octanol–water partition coefficient (Wildman–Crippen LogP) is 19.0. The van der Waals surface area contributed by atoms with E-state index in [0.29, 0.717) is 0 Å². The molecule has 12 nitrogen and oxygen atoms in total. The van der Waals surface area contributed by atoms with E-state index in [0.717, 1.165) is 151 Å². The Morgan fingerprint density at radius 2 is 0.638 bits per heavy atom. The third-order valence-electron chi connectivity index (χ3n) is 18.9. The maximum absolute atomic E-state index is 10.7. The second kappa shape index (κ2) is 32.0. The van der Waals surface area contributed by atoms with Crippen molar-refractivity contribution in [1.82, 2.24) is 43.6 Å². The largest absolute Gasteiger partial charge is 0.507 e. The van der Waals surface area contributed by atoms with Crippen molar-refractivity contribution in [3.8, 4) is 119 Å². The first kappa shape index (κ1) is 78.5. The van der Waals surface area contributed by atoms with Gasteiger partial charge in [0.1, 0.15) is 34.7 Å². The zero-order chi connectivity index (χ0) is 72.1. The summed E-state index contributed by atoms with van der Waals surface area (Å²) in [5, 5.41) is 35.9. The van der Waals surface area contributed by atoms with E-state index in [-0.39, 0.29) is 80.4 Å². The summed E-state index contributed by atoms with van der Waals surface area (Å²) in [5.74, 6) is 2.95. The molecular weight excluding hydrogens is 1890 g/mol. The van der Waals surface area contributed by atoms with Gasteiger partial charge in [0.05, 0.1) is 74.0 Å². The van der Waals surface area contributed by atoms with Crippen LogP contribution in [0.4, 0.5) is 0 Å². The smallest absolute Gasteiger partial charge is 0.143 e. The monoisotopic (exact) mass is 1970 g/mol. The van der Waals surface area contributed by atoms with Crippen molar-refractivity contribution < 1.29 is 78.5 Å². The van der Waals surface area contributed by atoms with Gasteiger partial charge in [-0.25, -0.2) is 15.0 Å². The van der Waals surface area contributed by atoms with E-state index < -0.39 is 24.2 Å². The van der Waals surface area contributed by atoms with Crippen LogP contribution in [0.2, 0.25) is 58.9 Å². The number of aryl methyl sites for hydroxylation is 6. The van der Waals surface area contributed by atoms with E-state index in [1.54, 1.807) is 24.4 Å². The minimum atomic E-state index is -1.62. The van der Waals surface area contributed by atoms with Gasteiger partial charge in [0, 0.05) is 120 Å². The van der Waals surface area contributed by atoms with E-state index in [2.05, 4.69) is 206 Å². The van der Waals surface area contributed by atoms with E-state index in [1.165, 1.54) is 15.6 Å². The first-order valence-electron chi connectivity index (χ1n) is 34.4. The summed E-state index contributed by atoms with van der Waals surface area (Å²) in [5.41, 5.74) is 22.7. The van der Waals surface area contributed by atoms with E-state index in [1.807, 2.05) is 136 Å². The molecule has 0 aliphatic heterocycles. The van der Waals surface area contributed by atoms with Crippen LogP contribution in [0.3, 0.4) is 0 Å². The number of rotatable bonds is 12. The van der Waals surface area contributed by atoms with Crippen LogP contribution in [0.15, 0.2) is 219 Å². The van der Waals surface area contributed by atoms with E-state index in [4.69, 9.17) is 15.0 Å². The standard InChI is InChI=1S/3C29H28N3OSi.3Pt/c2*1-19-12-13-24(27(33)16-19)29-31-28-23(10-7-11-26(28)32(29)2)20-8-6-9-21(17-20)25-18-22(14-15-30-25)34(3,4)5;1-19-12-13-23(27(33)15-19)29-31-28-24(17-22(34(3,4)5)18-26(28)32(29)2)20-9-8-10-21(16-20)25-11-6-7-14-30-25;;;/h2*6-16,18,33H,1-5H3;6-15,17-18,33H,1-5H3;;;/q3*-1;;;. The Balaban J connectivity index is 0.000000166. The molecule has 18 heteroatoms. The maximum Gasteiger partial charge on any atom is 0.143 e. The second-order valence-corrected chi connectivity index (χ2v) is 44.8. The zero-order valence-corrected chi connectivity index (χ0v) is 71.4. The van der Waals surface area contributed by atoms with Crippen molar-refractivity contribution in [2.24, 2.45) is 21.1 Å². The number of benzene rings is 9. The number of para-hydroxylation sites is 2. The Morgan fingerprint density at radius 1 is 0.295 bits per heavy atom. The maximum atomic E-state index is 10.7. The molecule has 0 unspecified atom stereocenters. The number of hydrogen-bond acceptors (Lipinski definition) is 9. The molecule has 0 radical (unpaired) electrons. The van der Waals surface area contributed by atoms with Gasteiger partial charge >= 0.3 is 0 Å². The van der Waals surface area contributed by atoms with Crippen LogP contribution in [0, 0.1) is 39.0 Å². The normalized spacial score (nSPS) is 11.5. The average molecular weight is 1970 g/mol. The fourth-order valence-electron chi connectivity index (χ4n) is 12.9. The van der Waals surface area contributed by atoms with Crippen LogP contribution in [0.5, 0.6) is 17.2 Å². The summed E-state index contributed by atoms with van der Waals surface area (Å²) >= 11 is 0. The van der Waals surface area contributed by atoms with Gasteiger partial charge < -0.3 is 29.0 Å². The van der Waals surface area contributed by atoms with Gasteiger partial charge in [-0.2, -0.15) is 0 Å². The van der Waals surface area contributed by atoms with Crippen LogP contribution >= 0.6 is 0 Å². The fourth-order valence-corrected chi connectivity index (χ4v) is 16.4. The summed E-state index contributed by atoms with van der Waals surface area (Å²) in [7, 11) is 1.49. The van der Waals surface area contributed by atoms with Crippen LogP contribution in [-0.2, 0) is 84.3 Å². The average Bonchev–Trinajstić information content (AvgIpc) is 1.62. The van der Waals surface area contributed by atoms with Crippen molar-refractivity contribution >= 4 is 72.9 Å². The number of phenols is 3.